The van der Waals surface area contributed by atoms with Gasteiger partial charge in [-0.1, -0.05) is 6.07 Å². The van der Waals surface area contributed by atoms with Gasteiger partial charge in [-0.3, -0.25) is 13.8 Å². The molecule has 1 aromatic rings. The highest BCUT2D eigenvalue weighted by Crippen LogP contribution is 2.23. The normalized spacial score (nSPS) is 16.4. The summed E-state index contributed by atoms with van der Waals surface area (Å²) in [5, 5.41) is 5.50. The zero-order valence-corrected chi connectivity index (χ0v) is 11.7. The third-order valence-electron chi connectivity index (χ3n) is 2.86. The number of anilines is 1. The van der Waals surface area contributed by atoms with E-state index in [1.165, 1.54) is 0 Å². The zero-order valence-electron chi connectivity index (χ0n) is 10.9. The average molecular weight is 280 g/mol. The van der Waals surface area contributed by atoms with Gasteiger partial charge in [0.15, 0.2) is 0 Å². The number of hydrogen-bond donors (Lipinski definition) is 2. The van der Waals surface area contributed by atoms with Crippen LogP contribution < -0.4 is 10.6 Å². The van der Waals surface area contributed by atoms with Crippen LogP contribution in [-0.4, -0.2) is 34.1 Å². The highest BCUT2D eigenvalue weighted by molar-refractivity contribution is 7.84. The van der Waals surface area contributed by atoms with Crippen molar-refractivity contribution in [2.24, 2.45) is 0 Å². The lowest BCUT2D eigenvalue weighted by Gasteiger charge is -2.12. The van der Waals surface area contributed by atoms with Gasteiger partial charge in [-0.2, -0.15) is 0 Å². The molecular weight excluding hydrogens is 264 g/mol. The van der Waals surface area contributed by atoms with E-state index in [9.17, 15) is 13.8 Å². The van der Waals surface area contributed by atoms with Crippen LogP contribution in [0.5, 0.6) is 0 Å². The molecule has 2 unspecified atom stereocenters. The molecule has 0 radical (unpaired) electrons. The first kappa shape index (κ1) is 13.7. The Bertz CT molecular complexity index is 557. The Kier molecular flexibility index (Phi) is 3.99. The van der Waals surface area contributed by atoms with E-state index in [-0.39, 0.29) is 17.9 Å². The van der Waals surface area contributed by atoms with Gasteiger partial charge in [0.25, 0.3) is 5.91 Å². The summed E-state index contributed by atoms with van der Waals surface area (Å²) in [6.07, 6.45) is 1.97. The third-order valence-corrected chi connectivity index (χ3v) is 3.83. The largest absolute Gasteiger partial charge is 0.349 e. The van der Waals surface area contributed by atoms with Crippen molar-refractivity contribution in [3.8, 4) is 0 Å². The van der Waals surface area contributed by atoms with E-state index >= 15 is 0 Å². The lowest BCUT2D eigenvalue weighted by atomic mass is 10.1. The maximum Gasteiger partial charge on any atom is 0.251 e. The van der Waals surface area contributed by atoms with Crippen LogP contribution in [0.3, 0.4) is 0 Å². The van der Waals surface area contributed by atoms with Crippen LogP contribution >= 0.6 is 0 Å². The molecule has 5 nitrogen and oxygen atoms in total. The van der Waals surface area contributed by atoms with Gasteiger partial charge in [0, 0.05) is 40.1 Å². The molecular formula is C13H16N2O3S. The van der Waals surface area contributed by atoms with Crippen molar-refractivity contribution in [3.63, 3.8) is 0 Å². The fraction of sp³-hybridized carbons (Fsp3) is 0.385. The minimum atomic E-state index is -0.945. The summed E-state index contributed by atoms with van der Waals surface area (Å²) in [6, 6.07) is 5.00. The fourth-order valence-corrected chi connectivity index (χ4v) is 2.84. The molecule has 0 aromatic heterocycles. The lowest BCUT2D eigenvalue weighted by molar-refractivity contribution is -0.115. The van der Waals surface area contributed by atoms with Crippen LogP contribution in [0.15, 0.2) is 18.2 Å². The maximum atomic E-state index is 12.0. The van der Waals surface area contributed by atoms with Gasteiger partial charge in [-0.25, -0.2) is 0 Å². The molecule has 0 saturated carbocycles. The van der Waals surface area contributed by atoms with Crippen molar-refractivity contribution in [2.45, 2.75) is 19.4 Å². The monoisotopic (exact) mass is 280 g/mol. The fourth-order valence-electron chi connectivity index (χ4n) is 2.06. The summed E-state index contributed by atoms with van der Waals surface area (Å²) in [5.74, 6) is 0.150. The van der Waals surface area contributed by atoms with Crippen LogP contribution in [0.2, 0.25) is 0 Å². The Morgan fingerprint density at radius 2 is 2.26 bits per heavy atom. The van der Waals surface area contributed by atoms with Crippen molar-refractivity contribution in [1.29, 1.82) is 0 Å². The quantitative estimate of drug-likeness (QED) is 0.851. The van der Waals surface area contributed by atoms with Gasteiger partial charge in [0.1, 0.15) is 0 Å². The van der Waals surface area contributed by atoms with E-state index < -0.39 is 10.8 Å². The Hall–Kier alpha value is -1.69. The molecule has 0 spiro atoms. The van der Waals surface area contributed by atoms with Gasteiger partial charge >= 0.3 is 0 Å². The SMILES string of the molecule is CC(CS(C)=O)NC(=O)c1ccc2c(c1)NC(=O)C2. The molecule has 1 heterocycles. The second kappa shape index (κ2) is 5.52. The highest BCUT2D eigenvalue weighted by Gasteiger charge is 2.19. The molecule has 19 heavy (non-hydrogen) atoms. The zero-order chi connectivity index (χ0) is 14.0. The second-order valence-corrected chi connectivity index (χ2v) is 6.19. The van der Waals surface area contributed by atoms with Gasteiger partial charge < -0.3 is 10.6 Å². The van der Waals surface area contributed by atoms with Gasteiger partial charge in [0.2, 0.25) is 5.91 Å². The molecule has 2 N–H and O–H groups in total. The van der Waals surface area contributed by atoms with Gasteiger partial charge in [-0.15, -0.1) is 0 Å². The number of hydrogen-bond acceptors (Lipinski definition) is 3. The number of carbonyl (C=O) groups excluding carboxylic acids is 2. The molecule has 1 aliphatic heterocycles. The predicted octanol–water partition coefficient (Wildman–Crippen LogP) is 0.678. The molecule has 0 bridgehead atoms. The number of fused-ring (bicyclic) bond motifs is 1. The smallest absolute Gasteiger partial charge is 0.251 e. The molecule has 0 aliphatic carbocycles. The number of nitrogens with one attached hydrogen (secondary N) is 2. The molecule has 2 atom stereocenters. The summed E-state index contributed by atoms with van der Waals surface area (Å²) in [6.45, 7) is 1.81. The maximum absolute atomic E-state index is 12.0. The highest BCUT2D eigenvalue weighted by atomic mass is 32.2. The topological polar surface area (TPSA) is 75.3 Å². The molecule has 0 saturated heterocycles. The summed E-state index contributed by atoms with van der Waals surface area (Å²) in [5.41, 5.74) is 2.10. The Labute approximate surface area is 114 Å². The van der Waals surface area contributed by atoms with Gasteiger partial charge in [0.05, 0.1) is 6.42 Å². The van der Waals surface area contributed by atoms with E-state index in [2.05, 4.69) is 10.6 Å². The third kappa shape index (κ3) is 3.41. The van der Waals surface area contributed by atoms with Crippen LogP contribution in [0, 0.1) is 0 Å². The van der Waals surface area contributed by atoms with Crippen molar-refractivity contribution in [2.75, 3.05) is 17.3 Å². The minimum absolute atomic E-state index is 0.0534. The standard InChI is InChI=1S/C13H16N2O3S/c1-8(7-19(2)18)14-13(17)10-4-3-9-6-12(16)15-11(9)5-10/h3-5,8H,6-7H2,1-2H3,(H,14,17)(H,15,16). The average Bonchev–Trinajstić information content (AvgIpc) is 2.66. The molecule has 0 fully saturated rings. The lowest BCUT2D eigenvalue weighted by Crippen LogP contribution is -2.36. The van der Waals surface area contributed by atoms with Crippen molar-refractivity contribution in [3.05, 3.63) is 29.3 Å². The summed E-state index contributed by atoms with van der Waals surface area (Å²) < 4.78 is 11.1. The molecule has 1 aromatic carbocycles. The van der Waals surface area contributed by atoms with E-state index in [1.807, 2.05) is 6.92 Å². The summed E-state index contributed by atoms with van der Waals surface area (Å²) in [4.78, 5) is 23.2. The van der Waals surface area contributed by atoms with Gasteiger partial charge in [-0.05, 0) is 24.6 Å². The van der Waals surface area contributed by atoms with E-state index in [1.54, 1.807) is 24.5 Å². The van der Waals surface area contributed by atoms with E-state index in [0.717, 1.165) is 5.56 Å². The summed E-state index contributed by atoms with van der Waals surface area (Å²) >= 11 is 0. The first-order valence-electron chi connectivity index (χ1n) is 5.99. The Morgan fingerprint density at radius 3 is 2.95 bits per heavy atom. The van der Waals surface area contributed by atoms with Crippen molar-refractivity contribution in [1.82, 2.24) is 5.32 Å². The second-order valence-electron chi connectivity index (χ2n) is 4.71. The molecule has 1 aliphatic rings. The van der Waals surface area contributed by atoms with Crippen LogP contribution in [0.25, 0.3) is 0 Å². The Balaban J connectivity index is 2.06. The van der Waals surface area contributed by atoms with Crippen LogP contribution in [-0.2, 0) is 22.0 Å². The minimum Gasteiger partial charge on any atom is -0.349 e. The molecule has 102 valence electrons. The van der Waals surface area contributed by atoms with Crippen LogP contribution in [0.1, 0.15) is 22.8 Å². The molecule has 2 amide bonds. The first-order chi connectivity index (χ1) is 8.95. The molecule has 2 rings (SSSR count). The van der Waals surface area contributed by atoms with Crippen molar-refractivity contribution >= 4 is 28.3 Å². The number of benzene rings is 1. The predicted molar refractivity (Wildman–Crippen MR) is 74.6 cm³/mol. The summed E-state index contributed by atoms with van der Waals surface area (Å²) in [7, 11) is -0.945. The van der Waals surface area contributed by atoms with E-state index in [4.69, 9.17) is 0 Å². The van der Waals surface area contributed by atoms with E-state index in [0.29, 0.717) is 23.4 Å². The van der Waals surface area contributed by atoms with Crippen LogP contribution in [0.4, 0.5) is 5.69 Å². The number of carbonyl (C=O) groups is 2. The number of amides is 2. The molecule has 6 heteroatoms. The number of rotatable bonds is 4. The van der Waals surface area contributed by atoms with Crippen molar-refractivity contribution < 1.29 is 13.8 Å². The Morgan fingerprint density at radius 1 is 1.53 bits per heavy atom. The first-order valence-corrected chi connectivity index (χ1v) is 7.72.